The van der Waals surface area contributed by atoms with Gasteiger partial charge in [0, 0.05) is 53.3 Å². The predicted octanol–water partition coefficient (Wildman–Crippen LogP) is 21.0. The van der Waals surface area contributed by atoms with Gasteiger partial charge in [-0.25, -0.2) is 15.0 Å². The second-order valence-corrected chi connectivity index (χ2v) is 22.2. The van der Waals surface area contributed by atoms with Crippen LogP contribution in [0.2, 0.25) is 0 Å². The standard InChI is InChI=1S/C77H48N4S/c1-3-14-49(15-4-1)51-26-30-53(31-27-51)55-34-38-58(39-35-55)75-78-76(59-40-36-56(37-41-59)54-32-28-52(29-33-54)50-16-5-2-6-17-50)80-77(79-75)65-44-43-62(48-67(65)64-23-13-25-72-74(64)66-22-11-12-24-71(66)82-72)81-69-45-42-57-18-9-10-21-63(57)73(69)68-46-60-19-7-8-20-61(60)47-70(68)81/h1-48H. The first-order valence-corrected chi connectivity index (χ1v) is 28.6. The molecule has 0 amide bonds. The normalized spacial score (nSPS) is 11.7. The van der Waals surface area contributed by atoms with Gasteiger partial charge < -0.3 is 4.57 Å². The Balaban J connectivity index is 0.889. The van der Waals surface area contributed by atoms with Crippen LogP contribution in [0.25, 0.3) is 159 Å². The first kappa shape index (κ1) is 47.4. The molecular weight excluding hydrogens is 1010 g/mol. The van der Waals surface area contributed by atoms with Crippen LogP contribution in [0, 0.1) is 0 Å². The van der Waals surface area contributed by atoms with Gasteiger partial charge in [-0.15, -0.1) is 11.3 Å². The van der Waals surface area contributed by atoms with Crippen LogP contribution in [0.5, 0.6) is 0 Å². The maximum absolute atomic E-state index is 5.50. The van der Waals surface area contributed by atoms with Crippen LogP contribution in [-0.2, 0) is 0 Å². The third-order valence-corrected chi connectivity index (χ3v) is 17.4. The number of thiophene rings is 1. The van der Waals surface area contributed by atoms with Gasteiger partial charge in [0.05, 0.1) is 11.0 Å². The number of hydrogen-bond acceptors (Lipinski definition) is 4. The van der Waals surface area contributed by atoms with Crippen molar-refractivity contribution in [3.8, 4) is 95.5 Å². The summed E-state index contributed by atoms with van der Waals surface area (Å²) in [4.78, 5) is 16.3. The number of rotatable bonds is 9. The van der Waals surface area contributed by atoms with Crippen LogP contribution in [0.3, 0.4) is 0 Å². The van der Waals surface area contributed by atoms with Crippen molar-refractivity contribution in [2.75, 3.05) is 0 Å². The largest absolute Gasteiger partial charge is 0.309 e. The lowest BCUT2D eigenvalue weighted by Crippen LogP contribution is -2.02. The molecule has 13 aromatic carbocycles. The van der Waals surface area contributed by atoms with Crippen molar-refractivity contribution in [2.24, 2.45) is 0 Å². The molecule has 0 saturated carbocycles. The van der Waals surface area contributed by atoms with Crippen LogP contribution in [0.4, 0.5) is 0 Å². The Labute approximate surface area is 478 Å². The van der Waals surface area contributed by atoms with Gasteiger partial charge in [-0.1, -0.05) is 243 Å². The van der Waals surface area contributed by atoms with Crippen molar-refractivity contribution < 1.29 is 0 Å². The highest BCUT2D eigenvalue weighted by atomic mass is 32.1. The fourth-order valence-corrected chi connectivity index (χ4v) is 13.3. The third kappa shape index (κ3) is 8.25. The second kappa shape index (κ2) is 19.6. The molecule has 16 aromatic rings. The van der Waals surface area contributed by atoms with E-state index < -0.39 is 0 Å². The Morgan fingerprint density at radius 1 is 0.244 bits per heavy atom. The summed E-state index contributed by atoms with van der Waals surface area (Å²) in [7, 11) is 0. The molecule has 3 aromatic heterocycles. The average molecular weight is 1060 g/mol. The highest BCUT2D eigenvalue weighted by molar-refractivity contribution is 7.26. The van der Waals surface area contributed by atoms with Gasteiger partial charge in [-0.05, 0) is 126 Å². The van der Waals surface area contributed by atoms with Crippen molar-refractivity contribution in [3.63, 3.8) is 0 Å². The van der Waals surface area contributed by atoms with E-state index in [9.17, 15) is 0 Å². The molecule has 5 heteroatoms. The molecule has 0 atom stereocenters. The predicted molar refractivity (Wildman–Crippen MR) is 346 cm³/mol. The maximum Gasteiger partial charge on any atom is 0.164 e. The first-order chi connectivity index (χ1) is 40.6. The second-order valence-electron chi connectivity index (χ2n) is 21.1. The van der Waals surface area contributed by atoms with E-state index in [0.717, 1.165) is 66.8 Å². The number of nitrogens with zero attached hydrogens (tertiary/aromatic N) is 4. The molecule has 0 bridgehead atoms. The quantitative estimate of drug-likeness (QED) is 0.145. The maximum atomic E-state index is 5.50. The Morgan fingerprint density at radius 3 is 1.29 bits per heavy atom. The molecule has 16 rings (SSSR count). The SMILES string of the molecule is c1ccc(-c2ccc(-c3ccc(-c4nc(-c5ccc(-c6ccc(-c7ccccc7)cc6)cc5)nc(-c5ccc(-n6c7cc8ccccc8cc7c7c8ccccc8ccc76)cc5-c5cccc6sc7ccccc7c56)n4)cc3)cc2)cc1. The van der Waals surface area contributed by atoms with E-state index in [0.29, 0.717) is 17.5 Å². The summed E-state index contributed by atoms with van der Waals surface area (Å²) < 4.78 is 4.94. The summed E-state index contributed by atoms with van der Waals surface area (Å²) in [5.74, 6) is 1.79. The zero-order valence-corrected chi connectivity index (χ0v) is 45.2. The Morgan fingerprint density at radius 2 is 0.707 bits per heavy atom. The lowest BCUT2D eigenvalue weighted by atomic mass is 9.94. The summed E-state index contributed by atoms with van der Waals surface area (Å²) in [6.45, 7) is 0. The molecule has 0 N–H and O–H groups in total. The number of fused-ring (bicyclic) bond motifs is 9. The van der Waals surface area contributed by atoms with E-state index in [2.05, 4.69) is 296 Å². The molecule has 0 fully saturated rings. The topological polar surface area (TPSA) is 43.6 Å². The van der Waals surface area contributed by atoms with Crippen molar-refractivity contribution >= 4 is 74.9 Å². The first-order valence-electron chi connectivity index (χ1n) is 27.8. The van der Waals surface area contributed by atoms with E-state index in [1.54, 1.807) is 0 Å². The fourth-order valence-electron chi connectivity index (χ4n) is 12.2. The minimum atomic E-state index is 0.596. The van der Waals surface area contributed by atoms with Gasteiger partial charge in [-0.3, -0.25) is 0 Å². The Bertz CT molecular complexity index is 4960. The smallest absolute Gasteiger partial charge is 0.164 e. The van der Waals surface area contributed by atoms with E-state index in [-0.39, 0.29) is 0 Å². The Kier molecular flexibility index (Phi) is 11.4. The van der Waals surface area contributed by atoms with Gasteiger partial charge in [0.25, 0.3) is 0 Å². The molecule has 0 spiro atoms. The van der Waals surface area contributed by atoms with Crippen LogP contribution in [-0.4, -0.2) is 19.5 Å². The molecule has 4 nitrogen and oxygen atoms in total. The van der Waals surface area contributed by atoms with Crippen LogP contribution in [0.1, 0.15) is 0 Å². The van der Waals surface area contributed by atoms with Crippen molar-refractivity contribution in [2.45, 2.75) is 0 Å². The van der Waals surface area contributed by atoms with Crippen LogP contribution >= 0.6 is 11.3 Å². The summed E-state index contributed by atoms with van der Waals surface area (Å²) in [5.41, 5.74) is 17.5. The molecule has 0 saturated heterocycles. The fraction of sp³-hybridized carbons (Fsp3) is 0. The Hall–Kier alpha value is -10.6. The molecule has 0 aliphatic heterocycles. The monoisotopic (exact) mass is 1060 g/mol. The van der Waals surface area contributed by atoms with Gasteiger partial charge in [0.2, 0.25) is 0 Å². The van der Waals surface area contributed by atoms with Crippen LogP contribution < -0.4 is 0 Å². The van der Waals surface area contributed by atoms with Crippen molar-refractivity contribution in [1.82, 2.24) is 19.5 Å². The molecular formula is C77H48N4S. The molecule has 0 aliphatic carbocycles. The molecule has 3 heterocycles. The number of benzene rings is 13. The summed E-state index contributed by atoms with van der Waals surface area (Å²) in [6.07, 6.45) is 0. The highest BCUT2D eigenvalue weighted by Crippen LogP contribution is 2.46. The highest BCUT2D eigenvalue weighted by Gasteiger charge is 2.23. The molecule has 0 radical (unpaired) electrons. The van der Waals surface area contributed by atoms with E-state index in [1.165, 1.54) is 74.7 Å². The minimum absolute atomic E-state index is 0.596. The van der Waals surface area contributed by atoms with E-state index in [4.69, 9.17) is 15.0 Å². The van der Waals surface area contributed by atoms with E-state index in [1.807, 2.05) is 11.3 Å². The summed E-state index contributed by atoms with van der Waals surface area (Å²) in [6, 6.07) is 105. The zero-order valence-electron chi connectivity index (χ0n) is 44.4. The molecule has 82 heavy (non-hydrogen) atoms. The van der Waals surface area contributed by atoms with Gasteiger partial charge in [-0.2, -0.15) is 0 Å². The number of hydrogen-bond donors (Lipinski definition) is 0. The van der Waals surface area contributed by atoms with Gasteiger partial charge in [0.1, 0.15) is 0 Å². The summed E-state index contributed by atoms with van der Waals surface area (Å²) in [5, 5.41) is 9.78. The minimum Gasteiger partial charge on any atom is -0.309 e. The summed E-state index contributed by atoms with van der Waals surface area (Å²) >= 11 is 1.83. The molecule has 0 aliphatic rings. The number of aromatic nitrogens is 4. The zero-order chi connectivity index (χ0) is 54.1. The lowest BCUT2D eigenvalue weighted by molar-refractivity contribution is 1.07. The van der Waals surface area contributed by atoms with E-state index >= 15 is 0 Å². The van der Waals surface area contributed by atoms with Crippen LogP contribution in [0.15, 0.2) is 291 Å². The average Bonchev–Trinajstić information content (AvgIpc) is 3.22. The van der Waals surface area contributed by atoms with Crippen molar-refractivity contribution in [1.29, 1.82) is 0 Å². The molecule has 382 valence electrons. The van der Waals surface area contributed by atoms with Gasteiger partial charge >= 0.3 is 0 Å². The van der Waals surface area contributed by atoms with Crippen molar-refractivity contribution in [3.05, 3.63) is 291 Å². The lowest BCUT2D eigenvalue weighted by Gasteiger charge is -2.16. The molecule has 0 unspecified atom stereocenters. The third-order valence-electron chi connectivity index (χ3n) is 16.3. The van der Waals surface area contributed by atoms with Gasteiger partial charge in [0.15, 0.2) is 17.5 Å².